The number of benzene rings is 2. The average Bonchev–Trinajstić information content (AvgIpc) is 2.77. The molecule has 0 spiro atoms. The lowest BCUT2D eigenvalue weighted by molar-refractivity contribution is 0.0693. The van der Waals surface area contributed by atoms with Crippen molar-refractivity contribution in [1.82, 2.24) is 9.62 Å². The summed E-state index contributed by atoms with van der Waals surface area (Å²) in [7, 11) is -2.33. The van der Waals surface area contributed by atoms with Gasteiger partial charge < -0.3 is 9.64 Å². The second kappa shape index (κ2) is 9.62. The van der Waals surface area contributed by atoms with Crippen LogP contribution in [-0.2, 0) is 10.0 Å². The fourth-order valence-corrected chi connectivity index (χ4v) is 5.06. The number of hydrogen-bond acceptors (Lipinski definition) is 4. The molecule has 0 aromatic heterocycles. The summed E-state index contributed by atoms with van der Waals surface area (Å²) in [5.74, 6) is 0.786. The quantitative estimate of drug-likeness (QED) is 0.720. The molecule has 0 unspecified atom stereocenters. The number of amides is 1. The predicted octanol–water partition coefficient (Wildman–Crippen LogP) is 4.00. The molecule has 1 saturated heterocycles. The van der Waals surface area contributed by atoms with E-state index in [0.717, 1.165) is 18.4 Å². The fourth-order valence-electron chi connectivity index (χ4n) is 3.73. The molecule has 0 radical (unpaired) electrons. The second-order valence-corrected chi connectivity index (χ2v) is 9.54. The highest BCUT2D eigenvalue weighted by Crippen LogP contribution is 2.27. The van der Waals surface area contributed by atoms with Gasteiger partial charge in [-0.2, -0.15) is 0 Å². The molecule has 0 aliphatic carbocycles. The predicted molar refractivity (Wildman–Crippen MR) is 117 cm³/mol. The van der Waals surface area contributed by atoms with Crippen LogP contribution in [0.2, 0.25) is 0 Å². The molecule has 7 heteroatoms. The summed E-state index contributed by atoms with van der Waals surface area (Å²) in [4.78, 5) is 14.9. The van der Waals surface area contributed by atoms with E-state index in [1.54, 1.807) is 11.0 Å². The maximum absolute atomic E-state index is 13.1. The van der Waals surface area contributed by atoms with Crippen LogP contribution in [0.1, 0.15) is 55.1 Å². The maximum Gasteiger partial charge on any atom is 0.257 e. The molecule has 1 amide bonds. The molecule has 2 aromatic rings. The van der Waals surface area contributed by atoms with E-state index >= 15 is 0 Å². The van der Waals surface area contributed by atoms with Crippen molar-refractivity contribution in [3.05, 3.63) is 59.7 Å². The van der Waals surface area contributed by atoms with Crippen molar-refractivity contribution in [2.75, 3.05) is 20.2 Å². The average molecular weight is 431 g/mol. The van der Waals surface area contributed by atoms with E-state index in [-0.39, 0.29) is 22.4 Å². The molecular formula is C23H30N2O4S. The van der Waals surface area contributed by atoms with E-state index in [1.165, 1.54) is 19.2 Å². The molecule has 1 aliphatic rings. The van der Waals surface area contributed by atoms with Gasteiger partial charge in [0.05, 0.1) is 17.6 Å². The van der Waals surface area contributed by atoms with Crippen LogP contribution in [0.4, 0.5) is 0 Å². The van der Waals surface area contributed by atoms with Gasteiger partial charge in [-0.05, 0) is 48.9 Å². The van der Waals surface area contributed by atoms with Crippen molar-refractivity contribution in [3.8, 4) is 5.75 Å². The van der Waals surface area contributed by atoms with Crippen molar-refractivity contribution in [2.45, 2.75) is 44.0 Å². The van der Waals surface area contributed by atoms with Crippen LogP contribution in [0, 0.1) is 5.92 Å². The van der Waals surface area contributed by atoms with E-state index in [1.807, 2.05) is 37.3 Å². The number of methoxy groups -OCH3 is 1. The zero-order valence-corrected chi connectivity index (χ0v) is 18.6. The van der Waals surface area contributed by atoms with Crippen LogP contribution in [-0.4, -0.2) is 39.4 Å². The number of piperidine rings is 1. The lowest BCUT2D eigenvalue weighted by atomic mass is 9.98. The summed E-state index contributed by atoms with van der Waals surface area (Å²) >= 11 is 0. The summed E-state index contributed by atoms with van der Waals surface area (Å²) in [5.41, 5.74) is 1.18. The van der Waals surface area contributed by atoms with Crippen LogP contribution in [0.3, 0.4) is 0 Å². The second-order valence-electron chi connectivity index (χ2n) is 7.83. The normalized spacial score (nSPS) is 16.3. The van der Waals surface area contributed by atoms with E-state index in [9.17, 15) is 13.2 Å². The first-order chi connectivity index (χ1) is 14.4. The summed E-state index contributed by atoms with van der Waals surface area (Å²) < 4.78 is 34.3. The molecule has 1 heterocycles. The first kappa shape index (κ1) is 22.3. The Morgan fingerprint density at radius 2 is 1.83 bits per heavy atom. The number of nitrogens with zero attached hydrogens (tertiary/aromatic N) is 1. The van der Waals surface area contributed by atoms with Gasteiger partial charge in [0, 0.05) is 19.1 Å². The van der Waals surface area contributed by atoms with Crippen LogP contribution in [0.15, 0.2) is 53.4 Å². The third kappa shape index (κ3) is 5.02. The zero-order valence-electron chi connectivity index (χ0n) is 17.8. The van der Waals surface area contributed by atoms with Crippen molar-refractivity contribution in [3.63, 3.8) is 0 Å². The third-order valence-electron chi connectivity index (χ3n) is 5.69. The first-order valence-electron chi connectivity index (χ1n) is 10.4. The Labute approximate surface area is 179 Å². The summed E-state index contributed by atoms with van der Waals surface area (Å²) in [6.45, 7) is 5.45. The number of likely N-dealkylation sites (tertiary alicyclic amines) is 1. The van der Waals surface area contributed by atoms with Crippen LogP contribution < -0.4 is 9.46 Å². The van der Waals surface area contributed by atoms with Crippen molar-refractivity contribution < 1.29 is 17.9 Å². The Balaban J connectivity index is 1.88. The maximum atomic E-state index is 13.1. The number of rotatable bonds is 7. The molecule has 1 fully saturated rings. The van der Waals surface area contributed by atoms with Gasteiger partial charge in [0.25, 0.3) is 5.91 Å². The van der Waals surface area contributed by atoms with Crippen molar-refractivity contribution in [1.29, 1.82) is 0 Å². The Kier molecular flexibility index (Phi) is 7.15. The first-order valence-corrected chi connectivity index (χ1v) is 11.9. The molecule has 1 N–H and O–H groups in total. The van der Waals surface area contributed by atoms with Gasteiger partial charge in [-0.15, -0.1) is 0 Å². The summed E-state index contributed by atoms with van der Waals surface area (Å²) in [6, 6.07) is 13.6. The zero-order chi connectivity index (χ0) is 21.7. The highest BCUT2D eigenvalue weighted by atomic mass is 32.2. The van der Waals surface area contributed by atoms with Crippen LogP contribution in [0.5, 0.6) is 5.75 Å². The molecule has 0 bridgehead atoms. The molecule has 1 aliphatic heterocycles. The summed E-state index contributed by atoms with van der Waals surface area (Å²) in [5, 5.41) is 0. The van der Waals surface area contributed by atoms with E-state index in [4.69, 9.17) is 4.74 Å². The summed E-state index contributed by atoms with van der Waals surface area (Å²) in [6.07, 6.45) is 2.50. The topological polar surface area (TPSA) is 75.7 Å². The van der Waals surface area contributed by atoms with Gasteiger partial charge in [0.1, 0.15) is 5.75 Å². The number of sulfonamides is 1. The lowest BCUT2D eigenvalue weighted by Crippen LogP contribution is -2.38. The van der Waals surface area contributed by atoms with Gasteiger partial charge in [-0.25, -0.2) is 13.1 Å². The molecular weight excluding hydrogens is 400 g/mol. The van der Waals surface area contributed by atoms with Gasteiger partial charge in [-0.1, -0.05) is 44.2 Å². The minimum atomic E-state index is -3.82. The minimum Gasteiger partial charge on any atom is -0.496 e. The van der Waals surface area contributed by atoms with Gasteiger partial charge in [-0.3, -0.25) is 4.79 Å². The molecule has 1 atom stereocenters. The Hall–Kier alpha value is -2.38. The number of ether oxygens (including phenoxy) is 1. The molecule has 6 nitrogen and oxygen atoms in total. The molecule has 3 rings (SSSR count). The highest BCUT2D eigenvalue weighted by molar-refractivity contribution is 7.89. The molecule has 162 valence electrons. The Bertz CT molecular complexity index is 968. The van der Waals surface area contributed by atoms with Gasteiger partial charge in [0.15, 0.2) is 0 Å². The fraction of sp³-hybridized carbons (Fsp3) is 0.435. The van der Waals surface area contributed by atoms with Gasteiger partial charge >= 0.3 is 0 Å². The van der Waals surface area contributed by atoms with Gasteiger partial charge in [0.2, 0.25) is 10.0 Å². The number of nitrogens with one attached hydrogen (secondary N) is 1. The Morgan fingerprint density at radius 3 is 2.43 bits per heavy atom. The standard InChI is InChI=1S/C23H30N2O4S/c1-4-21(18-8-6-5-7-9-18)24-30(27,28)19-10-11-22(29-3)20(16-19)23(26)25-14-12-17(2)13-15-25/h5-11,16-17,21,24H,4,12-15H2,1-3H3/t21-/m0/s1. The van der Waals surface area contributed by atoms with Crippen LogP contribution in [0.25, 0.3) is 0 Å². The van der Waals surface area contributed by atoms with E-state index in [2.05, 4.69) is 11.6 Å². The molecule has 2 aromatic carbocycles. The Morgan fingerprint density at radius 1 is 1.17 bits per heavy atom. The SMILES string of the molecule is CC[C@H](NS(=O)(=O)c1ccc(OC)c(C(=O)N2CCC(C)CC2)c1)c1ccccc1. The monoisotopic (exact) mass is 430 g/mol. The number of carbonyl (C=O) groups is 1. The molecule has 30 heavy (non-hydrogen) atoms. The van der Waals surface area contributed by atoms with Crippen molar-refractivity contribution >= 4 is 15.9 Å². The van der Waals surface area contributed by atoms with Crippen LogP contribution >= 0.6 is 0 Å². The largest absolute Gasteiger partial charge is 0.496 e. The number of hydrogen-bond donors (Lipinski definition) is 1. The third-order valence-corrected chi connectivity index (χ3v) is 7.16. The van der Waals surface area contributed by atoms with E-state index < -0.39 is 10.0 Å². The van der Waals surface area contributed by atoms with E-state index in [0.29, 0.717) is 31.2 Å². The minimum absolute atomic E-state index is 0.0615. The molecule has 0 saturated carbocycles. The lowest BCUT2D eigenvalue weighted by Gasteiger charge is -2.30. The number of carbonyl (C=O) groups excluding carboxylic acids is 1. The van der Waals surface area contributed by atoms with Crippen molar-refractivity contribution in [2.24, 2.45) is 5.92 Å². The smallest absolute Gasteiger partial charge is 0.257 e. The highest BCUT2D eigenvalue weighted by Gasteiger charge is 2.27.